The molecule has 0 radical (unpaired) electrons. The molecule has 0 fully saturated rings. The summed E-state index contributed by atoms with van der Waals surface area (Å²) in [6.07, 6.45) is 0. The highest BCUT2D eigenvalue weighted by molar-refractivity contribution is 9.12. The molecule has 0 saturated heterocycles. The summed E-state index contributed by atoms with van der Waals surface area (Å²) < 4.78 is 0. The Kier molecular flexibility index (Phi) is 4.94. The Morgan fingerprint density at radius 2 is 1.42 bits per heavy atom. The van der Waals surface area contributed by atoms with Gasteiger partial charge in [-0.1, -0.05) is 93.4 Å². The summed E-state index contributed by atoms with van der Waals surface area (Å²) in [5.74, 6) is 0.101. The van der Waals surface area contributed by atoms with Gasteiger partial charge in [0.05, 0.1) is 4.83 Å². The van der Waals surface area contributed by atoms with E-state index in [2.05, 4.69) is 44.0 Å². The lowest BCUT2D eigenvalue weighted by atomic mass is 10.0. The molecule has 0 N–H and O–H groups in total. The largest absolute Gasteiger partial charge is 0.293 e. The molecule has 0 aliphatic heterocycles. The third kappa shape index (κ3) is 3.54. The van der Waals surface area contributed by atoms with Gasteiger partial charge in [-0.15, -0.1) is 0 Å². The van der Waals surface area contributed by atoms with Crippen molar-refractivity contribution < 1.29 is 4.79 Å². The van der Waals surface area contributed by atoms with Crippen LogP contribution in [0.4, 0.5) is 0 Å². The highest BCUT2D eigenvalue weighted by Gasteiger charge is 2.21. The van der Waals surface area contributed by atoms with E-state index in [9.17, 15) is 4.79 Å². The zero-order chi connectivity index (χ0) is 13.8. The SMILES string of the molecule is C[C@@H](Br)[C@H](Br)C(=O)c1ccc(-c2ccccc2)cc1. The maximum absolute atomic E-state index is 12.2. The van der Waals surface area contributed by atoms with Crippen LogP contribution in [0.5, 0.6) is 0 Å². The second kappa shape index (κ2) is 6.49. The average molecular weight is 382 g/mol. The molecule has 98 valence electrons. The molecule has 2 atom stereocenters. The molecule has 0 amide bonds. The number of halogens is 2. The number of carbonyl (C=O) groups is 1. The highest BCUT2D eigenvalue weighted by atomic mass is 79.9. The van der Waals surface area contributed by atoms with Crippen molar-refractivity contribution in [2.24, 2.45) is 0 Å². The van der Waals surface area contributed by atoms with E-state index in [1.54, 1.807) is 0 Å². The van der Waals surface area contributed by atoms with Crippen LogP contribution < -0.4 is 0 Å². The third-order valence-electron chi connectivity index (χ3n) is 2.93. The molecule has 0 heterocycles. The summed E-state index contributed by atoms with van der Waals surface area (Å²) in [4.78, 5) is 12.1. The van der Waals surface area contributed by atoms with Crippen LogP contribution in [-0.2, 0) is 0 Å². The number of rotatable bonds is 4. The third-order valence-corrected chi connectivity index (χ3v) is 5.38. The van der Waals surface area contributed by atoms with E-state index in [0.29, 0.717) is 0 Å². The normalized spacial score (nSPS) is 13.8. The van der Waals surface area contributed by atoms with Gasteiger partial charge in [0.1, 0.15) is 0 Å². The van der Waals surface area contributed by atoms with E-state index in [1.165, 1.54) is 0 Å². The van der Waals surface area contributed by atoms with Crippen LogP contribution in [0.3, 0.4) is 0 Å². The first-order chi connectivity index (χ1) is 9.09. The molecule has 1 nitrogen and oxygen atoms in total. The second-order valence-corrected chi connectivity index (χ2v) is 6.82. The van der Waals surface area contributed by atoms with Crippen molar-refractivity contribution in [2.75, 3.05) is 0 Å². The Balaban J connectivity index is 2.22. The van der Waals surface area contributed by atoms with Crippen molar-refractivity contribution in [1.29, 1.82) is 0 Å². The van der Waals surface area contributed by atoms with Crippen LogP contribution in [0.25, 0.3) is 11.1 Å². The van der Waals surface area contributed by atoms with Crippen molar-refractivity contribution in [3.8, 4) is 11.1 Å². The number of Topliss-reactive ketones (excluding diaryl/α,β-unsaturated/α-hetero) is 1. The van der Waals surface area contributed by atoms with Crippen molar-refractivity contribution in [3.05, 3.63) is 60.2 Å². The van der Waals surface area contributed by atoms with Crippen molar-refractivity contribution in [3.63, 3.8) is 0 Å². The molecular weight excluding hydrogens is 368 g/mol. The minimum absolute atomic E-state index is 0.101. The molecule has 0 saturated carbocycles. The zero-order valence-electron chi connectivity index (χ0n) is 10.5. The van der Waals surface area contributed by atoms with Crippen LogP contribution in [0.15, 0.2) is 54.6 Å². The Labute approximate surface area is 130 Å². The van der Waals surface area contributed by atoms with E-state index < -0.39 is 0 Å². The van der Waals surface area contributed by atoms with Crippen molar-refractivity contribution >= 4 is 37.6 Å². The zero-order valence-corrected chi connectivity index (χ0v) is 13.7. The molecule has 0 aliphatic rings. The Morgan fingerprint density at radius 1 is 0.895 bits per heavy atom. The first kappa shape index (κ1) is 14.5. The predicted molar refractivity (Wildman–Crippen MR) is 87.3 cm³/mol. The molecule has 0 unspecified atom stereocenters. The van der Waals surface area contributed by atoms with Gasteiger partial charge in [0.15, 0.2) is 5.78 Å². The smallest absolute Gasteiger partial charge is 0.177 e. The van der Waals surface area contributed by atoms with Crippen molar-refractivity contribution in [2.45, 2.75) is 16.6 Å². The lowest BCUT2D eigenvalue weighted by Crippen LogP contribution is -2.21. The molecule has 0 bridgehead atoms. The van der Waals surface area contributed by atoms with Gasteiger partial charge >= 0.3 is 0 Å². The van der Waals surface area contributed by atoms with Crippen LogP contribution in [0.1, 0.15) is 17.3 Å². The van der Waals surface area contributed by atoms with Crippen LogP contribution in [0.2, 0.25) is 0 Å². The number of benzene rings is 2. The summed E-state index contributed by atoms with van der Waals surface area (Å²) >= 11 is 6.83. The maximum Gasteiger partial charge on any atom is 0.177 e. The summed E-state index contributed by atoms with van der Waals surface area (Å²) in [6.45, 7) is 1.95. The van der Waals surface area contributed by atoms with E-state index >= 15 is 0 Å². The standard InChI is InChI=1S/C16H14Br2O/c1-11(17)15(18)16(19)14-9-7-13(8-10-14)12-5-3-2-4-6-12/h2-11,15H,1H3/t11-,15+/m1/s1. The Bertz CT molecular complexity index is 547. The predicted octanol–water partition coefficient (Wildman–Crippen LogP) is 5.08. The van der Waals surface area contributed by atoms with Gasteiger partial charge in [-0.3, -0.25) is 4.79 Å². The molecule has 3 heteroatoms. The average Bonchev–Trinajstić information content (AvgIpc) is 2.46. The van der Waals surface area contributed by atoms with Gasteiger partial charge in [-0.25, -0.2) is 0 Å². The first-order valence-electron chi connectivity index (χ1n) is 6.07. The lowest BCUT2D eigenvalue weighted by Gasteiger charge is -2.11. The van der Waals surface area contributed by atoms with Gasteiger partial charge in [-0.2, -0.15) is 0 Å². The highest BCUT2D eigenvalue weighted by Crippen LogP contribution is 2.22. The fraction of sp³-hybridized carbons (Fsp3) is 0.188. The Morgan fingerprint density at radius 3 is 1.95 bits per heavy atom. The quantitative estimate of drug-likeness (QED) is 0.532. The topological polar surface area (TPSA) is 17.1 Å². The summed E-state index contributed by atoms with van der Waals surface area (Å²) in [5.41, 5.74) is 3.01. The van der Waals surface area contributed by atoms with E-state index in [1.807, 2.05) is 49.4 Å². The minimum Gasteiger partial charge on any atom is -0.293 e. The van der Waals surface area contributed by atoms with Gasteiger partial charge < -0.3 is 0 Å². The number of alkyl halides is 2. The molecule has 2 aromatic carbocycles. The van der Waals surface area contributed by atoms with Gasteiger partial charge in [0.25, 0.3) is 0 Å². The molecule has 0 aliphatic carbocycles. The van der Waals surface area contributed by atoms with Gasteiger partial charge in [0, 0.05) is 10.4 Å². The number of hydrogen-bond donors (Lipinski definition) is 0. The van der Waals surface area contributed by atoms with Gasteiger partial charge in [0.2, 0.25) is 0 Å². The van der Waals surface area contributed by atoms with E-state index in [0.717, 1.165) is 16.7 Å². The van der Waals surface area contributed by atoms with Crippen LogP contribution >= 0.6 is 31.9 Å². The molecule has 19 heavy (non-hydrogen) atoms. The number of hydrogen-bond acceptors (Lipinski definition) is 1. The van der Waals surface area contributed by atoms with E-state index in [4.69, 9.17) is 0 Å². The lowest BCUT2D eigenvalue weighted by molar-refractivity contribution is 0.0992. The fourth-order valence-electron chi connectivity index (χ4n) is 1.83. The molecular formula is C16H14Br2O. The second-order valence-electron chi connectivity index (χ2n) is 4.39. The van der Waals surface area contributed by atoms with Crippen LogP contribution in [-0.4, -0.2) is 15.4 Å². The van der Waals surface area contributed by atoms with Crippen molar-refractivity contribution in [1.82, 2.24) is 0 Å². The summed E-state index contributed by atoms with van der Waals surface area (Å²) in [7, 11) is 0. The number of carbonyl (C=O) groups excluding carboxylic acids is 1. The molecule has 0 aromatic heterocycles. The monoisotopic (exact) mass is 380 g/mol. The summed E-state index contributed by atoms with van der Waals surface area (Å²) in [6, 6.07) is 17.9. The molecule has 2 aromatic rings. The minimum atomic E-state index is -0.199. The maximum atomic E-state index is 12.2. The van der Waals surface area contributed by atoms with Crippen LogP contribution in [0, 0.1) is 0 Å². The summed E-state index contributed by atoms with van der Waals surface area (Å²) in [5, 5.41) is 0. The molecule has 2 rings (SSSR count). The Hall–Kier alpha value is -0.930. The fourth-order valence-corrected chi connectivity index (χ4v) is 2.33. The van der Waals surface area contributed by atoms with Gasteiger partial charge in [-0.05, 0) is 11.1 Å². The molecule has 0 spiro atoms. The number of ketones is 1. The van der Waals surface area contributed by atoms with E-state index in [-0.39, 0.29) is 15.4 Å². The first-order valence-corrected chi connectivity index (χ1v) is 7.90.